The van der Waals surface area contributed by atoms with E-state index in [-0.39, 0.29) is 6.10 Å². The molecule has 1 saturated heterocycles. The molecule has 1 aromatic rings. The fourth-order valence-electron chi connectivity index (χ4n) is 2.30. The Morgan fingerprint density at radius 2 is 2.22 bits per heavy atom. The van der Waals surface area contributed by atoms with E-state index < -0.39 is 0 Å². The predicted octanol–water partition coefficient (Wildman–Crippen LogP) is 1.42. The lowest BCUT2D eigenvalue weighted by Crippen LogP contribution is -2.33. The van der Waals surface area contributed by atoms with Gasteiger partial charge in [-0.2, -0.15) is 0 Å². The first-order valence-corrected chi connectivity index (χ1v) is 6.38. The Bertz CT molecular complexity index is 413. The van der Waals surface area contributed by atoms with Crippen molar-refractivity contribution in [1.82, 2.24) is 10.2 Å². The van der Waals surface area contributed by atoms with Crippen LogP contribution in [-0.4, -0.2) is 43.8 Å². The summed E-state index contributed by atoms with van der Waals surface area (Å²) in [6, 6.07) is 4.04. The van der Waals surface area contributed by atoms with Gasteiger partial charge in [-0.05, 0) is 26.6 Å². The maximum Gasteiger partial charge on any atom is 0.126 e. The van der Waals surface area contributed by atoms with Crippen molar-refractivity contribution in [3.63, 3.8) is 0 Å². The molecule has 1 atom stereocenters. The molecule has 2 rings (SSSR count). The molecule has 1 fully saturated rings. The van der Waals surface area contributed by atoms with Crippen LogP contribution in [0.5, 0.6) is 5.75 Å². The summed E-state index contributed by atoms with van der Waals surface area (Å²) in [6.45, 7) is 5.11. The summed E-state index contributed by atoms with van der Waals surface area (Å²) in [6.07, 6.45) is -0.0414. The van der Waals surface area contributed by atoms with Gasteiger partial charge in [0, 0.05) is 30.8 Å². The van der Waals surface area contributed by atoms with E-state index in [0.29, 0.717) is 12.4 Å². The summed E-state index contributed by atoms with van der Waals surface area (Å²) in [5, 5.41) is 13.7. The van der Waals surface area contributed by atoms with Crippen molar-refractivity contribution in [2.24, 2.45) is 0 Å². The maximum absolute atomic E-state index is 10.4. The summed E-state index contributed by atoms with van der Waals surface area (Å²) in [5.74, 6) is 0.386. The summed E-state index contributed by atoms with van der Waals surface area (Å²) < 4.78 is 5.71. The number of benzene rings is 1. The number of aryl methyl sites for hydroxylation is 1. The summed E-state index contributed by atoms with van der Waals surface area (Å²) in [7, 11) is 4.01. The molecule has 1 aliphatic rings. The van der Waals surface area contributed by atoms with Crippen LogP contribution in [0.1, 0.15) is 22.8 Å². The number of phenolic OH excluding ortho intramolecular Hbond substituents is 1. The zero-order valence-electron chi connectivity index (χ0n) is 11.4. The SMILES string of the molecule is Cc1ccc(C2CNCCO2)c(O)c1CN(C)C. The third-order valence-corrected chi connectivity index (χ3v) is 3.30. The van der Waals surface area contributed by atoms with E-state index in [1.165, 1.54) is 0 Å². The van der Waals surface area contributed by atoms with Crippen LogP contribution in [-0.2, 0) is 11.3 Å². The first kappa shape index (κ1) is 13.3. The number of nitrogens with zero attached hydrogens (tertiary/aromatic N) is 1. The molecule has 18 heavy (non-hydrogen) atoms. The lowest BCUT2D eigenvalue weighted by atomic mass is 9.99. The molecular weight excluding hydrogens is 228 g/mol. The van der Waals surface area contributed by atoms with Gasteiger partial charge in [-0.3, -0.25) is 0 Å². The van der Waals surface area contributed by atoms with Crippen molar-refractivity contribution >= 4 is 0 Å². The number of ether oxygens (including phenoxy) is 1. The number of hydrogen-bond donors (Lipinski definition) is 2. The van der Waals surface area contributed by atoms with Gasteiger partial charge in [0.05, 0.1) is 12.7 Å². The second kappa shape index (κ2) is 5.69. The molecule has 1 unspecified atom stereocenters. The van der Waals surface area contributed by atoms with Gasteiger partial charge in [0.1, 0.15) is 5.75 Å². The maximum atomic E-state index is 10.4. The average Bonchev–Trinajstić information content (AvgIpc) is 2.35. The number of morpholine rings is 1. The topological polar surface area (TPSA) is 44.7 Å². The second-order valence-corrected chi connectivity index (χ2v) is 5.10. The molecule has 1 heterocycles. The molecule has 0 bridgehead atoms. The van der Waals surface area contributed by atoms with E-state index in [1.807, 2.05) is 27.1 Å². The normalized spacial score (nSPS) is 20.3. The van der Waals surface area contributed by atoms with E-state index in [4.69, 9.17) is 4.74 Å². The van der Waals surface area contributed by atoms with Gasteiger partial charge in [0.25, 0.3) is 0 Å². The van der Waals surface area contributed by atoms with Gasteiger partial charge in [-0.1, -0.05) is 12.1 Å². The Morgan fingerprint density at radius 3 is 2.83 bits per heavy atom. The highest BCUT2D eigenvalue weighted by Gasteiger charge is 2.21. The number of rotatable bonds is 3. The molecule has 2 N–H and O–H groups in total. The van der Waals surface area contributed by atoms with Crippen molar-refractivity contribution < 1.29 is 9.84 Å². The van der Waals surface area contributed by atoms with Gasteiger partial charge in [-0.25, -0.2) is 0 Å². The first-order chi connectivity index (χ1) is 8.59. The third-order valence-electron chi connectivity index (χ3n) is 3.30. The molecule has 100 valence electrons. The summed E-state index contributed by atoms with van der Waals surface area (Å²) in [5.41, 5.74) is 3.00. The molecule has 4 nitrogen and oxygen atoms in total. The number of phenols is 1. The van der Waals surface area contributed by atoms with E-state index in [2.05, 4.69) is 16.3 Å². The number of aromatic hydroxyl groups is 1. The molecule has 0 spiro atoms. The second-order valence-electron chi connectivity index (χ2n) is 5.10. The third kappa shape index (κ3) is 2.83. The van der Waals surface area contributed by atoms with Crippen LogP contribution in [0.15, 0.2) is 12.1 Å². The van der Waals surface area contributed by atoms with Gasteiger partial charge in [0.15, 0.2) is 0 Å². The minimum atomic E-state index is -0.0414. The van der Waals surface area contributed by atoms with Gasteiger partial charge in [0.2, 0.25) is 0 Å². The van der Waals surface area contributed by atoms with Crippen LogP contribution in [0.25, 0.3) is 0 Å². The molecule has 0 aliphatic carbocycles. The fraction of sp³-hybridized carbons (Fsp3) is 0.571. The van der Waals surface area contributed by atoms with Crippen molar-refractivity contribution in [1.29, 1.82) is 0 Å². The Hall–Kier alpha value is -1.10. The molecule has 1 aromatic carbocycles. The van der Waals surface area contributed by atoms with Crippen molar-refractivity contribution in [2.45, 2.75) is 19.6 Å². The van der Waals surface area contributed by atoms with Crippen LogP contribution in [0.4, 0.5) is 0 Å². The quantitative estimate of drug-likeness (QED) is 0.851. The summed E-state index contributed by atoms with van der Waals surface area (Å²) >= 11 is 0. The van der Waals surface area contributed by atoms with Crippen LogP contribution in [0.3, 0.4) is 0 Å². The Balaban J connectivity index is 2.30. The highest BCUT2D eigenvalue weighted by atomic mass is 16.5. The molecular formula is C14H22N2O2. The van der Waals surface area contributed by atoms with Crippen molar-refractivity contribution in [3.05, 3.63) is 28.8 Å². The molecule has 0 radical (unpaired) electrons. The largest absolute Gasteiger partial charge is 0.507 e. The first-order valence-electron chi connectivity index (χ1n) is 6.38. The Kier molecular flexibility index (Phi) is 4.22. The minimum absolute atomic E-state index is 0.0414. The van der Waals surface area contributed by atoms with Gasteiger partial charge in [-0.15, -0.1) is 0 Å². The van der Waals surface area contributed by atoms with Crippen LogP contribution < -0.4 is 5.32 Å². The monoisotopic (exact) mass is 250 g/mol. The summed E-state index contributed by atoms with van der Waals surface area (Å²) in [4.78, 5) is 2.06. The number of nitrogens with one attached hydrogen (secondary N) is 1. The van der Waals surface area contributed by atoms with E-state index in [0.717, 1.165) is 36.3 Å². The van der Waals surface area contributed by atoms with Crippen molar-refractivity contribution in [2.75, 3.05) is 33.8 Å². The fourth-order valence-corrected chi connectivity index (χ4v) is 2.30. The van der Waals surface area contributed by atoms with Crippen LogP contribution >= 0.6 is 0 Å². The predicted molar refractivity (Wildman–Crippen MR) is 71.8 cm³/mol. The van der Waals surface area contributed by atoms with Gasteiger partial charge >= 0.3 is 0 Å². The van der Waals surface area contributed by atoms with E-state index >= 15 is 0 Å². The average molecular weight is 250 g/mol. The zero-order valence-corrected chi connectivity index (χ0v) is 11.4. The van der Waals surface area contributed by atoms with E-state index in [1.54, 1.807) is 0 Å². The molecule has 1 aliphatic heterocycles. The number of hydrogen-bond acceptors (Lipinski definition) is 4. The molecule has 0 amide bonds. The molecule has 4 heteroatoms. The van der Waals surface area contributed by atoms with Crippen molar-refractivity contribution in [3.8, 4) is 5.75 Å². The zero-order chi connectivity index (χ0) is 13.1. The lowest BCUT2D eigenvalue weighted by molar-refractivity contribution is 0.0262. The Labute approximate surface area is 109 Å². The van der Waals surface area contributed by atoms with Crippen LogP contribution in [0.2, 0.25) is 0 Å². The smallest absolute Gasteiger partial charge is 0.126 e. The van der Waals surface area contributed by atoms with Gasteiger partial charge < -0.3 is 20.1 Å². The standard InChI is InChI=1S/C14H22N2O2/c1-10-4-5-11(13-8-15-6-7-18-13)14(17)12(10)9-16(2)3/h4-5,13,15,17H,6-9H2,1-3H3. The lowest BCUT2D eigenvalue weighted by Gasteiger charge is -2.26. The molecule has 0 aromatic heterocycles. The highest BCUT2D eigenvalue weighted by molar-refractivity contribution is 5.46. The highest BCUT2D eigenvalue weighted by Crippen LogP contribution is 2.33. The molecule has 0 saturated carbocycles. The van der Waals surface area contributed by atoms with E-state index in [9.17, 15) is 5.11 Å². The Morgan fingerprint density at radius 1 is 1.44 bits per heavy atom. The van der Waals surface area contributed by atoms with Crippen LogP contribution in [0, 0.1) is 6.92 Å². The minimum Gasteiger partial charge on any atom is -0.507 e.